The Balaban J connectivity index is 2.33. The lowest BCUT2D eigenvalue weighted by atomic mass is 10.1. The minimum absolute atomic E-state index is 0.620. The van der Waals surface area contributed by atoms with Gasteiger partial charge in [-0.2, -0.15) is 0 Å². The summed E-state index contributed by atoms with van der Waals surface area (Å²) in [7, 11) is 0. The van der Waals surface area contributed by atoms with Crippen LogP contribution in [-0.4, -0.2) is 14.7 Å². The van der Waals surface area contributed by atoms with Gasteiger partial charge < -0.3 is 5.11 Å². The molecule has 5 heteroatoms. The van der Waals surface area contributed by atoms with Crippen LogP contribution >= 0.6 is 22.9 Å². The Labute approximate surface area is 83.8 Å². The normalized spacial score (nSPS) is 13.1. The van der Waals surface area contributed by atoms with E-state index in [0.717, 1.165) is 10.4 Å². The van der Waals surface area contributed by atoms with Gasteiger partial charge in [-0.15, -0.1) is 16.4 Å². The summed E-state index contributed by atoms with van der Waals surface area (Å²) in [6, 6.07) is 1.92. The molecule has 1 N–H and O–H groups in total. The molecule has 0 saturated heterocycles. The van der Waals surface area contributed by atoms with Crippen LogP contribution in [0, 0.1) is 6.92 Å². The smallest absolute Gasteiger partial charge is 0.125 e. The lowest BCUT2D eigenvalue weighted by Crippen LogP contribution is -1.99. The number of hydrogen-bond acceptors (Lipinski definition) is 5. The molecule has 13 heavy (non-hydrogen) atoms. The van der Waals surface area contributed by atoms with Crippen molar-refractivity contribution in [3.05, 3.63) is 33.0 Å². The maximum Gasteiger partial charge on any atom is 0.125 e. The second-order valence-electron chi connectivity index (χ2n) is 2.66. The molecular formula is C8H8N2OS2. The van der Waals surface area contributed by atoms with Gasteiger partial charge >= 0.3 is 0 Å². The largest absolute Gasteiger partial charge is 0.382 e. The number of thiophene rings is 1. The molecule has 2 aromatic rings. The maximum atomic E-state index is 9.86. The minimum Gasteiger partial charge on any atom is -0.382 e. The van der Waals surface area contributed by atoms with Crippen molar-refractivity contribution in [2.75, 3.05) is 0 Å². The predicted octanol–water partition coefficient (Wildman–Crippen LogP) is 1.99. The van der Waals surface area contributed by atoms with E-state index in [4.69, 9.17) is 0 Å². The number of rotatable bonds is 2. The summed E-state index contributed by atoms with van der Waals surface area (Å²) in [6.07, 6.45) is -0.620. The van der Waals surface area contributed by atoms with Crippen molar-refractivity contribution in [3.63, 3.8) is 0 Å². The van der Waals surface area contributed by atoms with E-state index < -0.39 is 6.10 Å². The van der Waals surface area contributed by atoms with E-state index in [0.29, 0.717) is 5.69 Å². The molecule has 0 saturated carbocycles. The highest BCUT2D eigenvalue weighted by Gasteiger charge is 2.15. The van der Waals surface area contributed by atoms with E-state index in [2.05, 4.69) is 9.59 Å². The van der Waals surface area contributed by atoms with Gasteiger partial charge in [0, 0.05) is 15.8 Å². The first kappa shape index (κ1) is 8.80. The molecular weight excluding hydrogens is 204 g/mol. The van der Waals surface area contributed by atoms with Crippen LogP contribution in [-0.2, 0) is 0 Å². The van der Waals surface area contributed by atoms with Crippen LogP contribution in [0.25, 0.3) is 0 Å². The van der Waals surface area contributed by atoms with Gasteiger partial charge in [0.1, 0.15) is 11.8 Å². The second kappa shape index (κ2) is 3.53. The molecule has 68 valence electrons. The number of aromatic nitrogens is 2. The SMILES string of the molecule is Cc1sccc1C(O)c1csnn1. The molecule has 0 radical (unpaired) electrons. The Kier molecular flexibility index (Phi) is 2.39. The fourth-order valence-electron chi connectivity index (χ4n) is 1.13. The molecule has 0 aromatic carbocycles. The lowest BCUT2D eigenvalue weighted by molar-refractivity contribution is 0.215. The van der Waals surface area contributed by atoms with Crippen molar-refractivity contribution in [2.24, 2.45) is 0 Å². The van der Waals surface area contributed by atoms with E-state index >= 15 is 0 Å². The average molecular weight is 212 g/mol. The zero-order chi connectivity index (χ0) is 9.26. The molecule has 0 aliphatic carbocycles. The van der Waals surface area contributed by atoms with E-state index in [1.165, 1.54) is 11.5 Å². The summed E-state index contributed by atoms with van der Waals surface area (Å²) in [4.78, 5) is 1.13. The number of hydrogen-bond donors (Lipinski definition) is 1. The van der Waals surface area contributed by atoms with Crippen LogP contribution in [0.15, 0.2) is 16.8 Å². The highest BCUT2D eigenvalue weighted by atomic mass is 32.1. The molecule has 0 fully saturated rings. The van der Waals surface area contributed by atoms with E-state index in [9.17, 15) is 5.11 Å². The maximum absolute atomic E-state index is 9.86. The van der Waals surface area contributed by atoms with Crippen molar-refractivity contribution < 1.29 is 5.11 Å². The van der Waals surface area contributed by atoms with Crippen LogP contribution < -0.4 is 0 Å². The van der Waals surface area contributed by atoms with Gasteiger partial charge in [0.2, 0.25) is 0 Å². The number of aliphatic hydroxyl groups excluding tert-OH is 1. The fourth-order valence-corrected chi connectivity index (χ4v) is 2.34. The number of nitrogens with zero attached hydrogens (tertiary/aromatic N) is 2. The quantitative estimate of drug-likeness (QED) is 0.828. The van der Waals surface area contributed by atoms with Gasteiger partial charge in [-0.05, 0) is 29.9 Å². The predicted molar refractivity (Wildman–Crippen MR) is 53.0 cm³/mol. The standard InChI is InChI=1S/C8H8N2OS2/c1-5-6(2-3-12-5)8(11)7-4-13-10-9-7/h2-4,8,11H,1H3. The van der Waals surface area contributed by atoms with Gasteiger partial charge in [0.25, 0.3) is 0 Å². The van der Waals surface area contributed by atoms with Crippen LogP contribution in [0.4, 0.5) is 0 Å². The molecule has 0 aliphatic heterocycles. The highest BCUT2D eigenvalue weighted by molar-refractivity contribution is 7.10. The average Bonchev–Trinajstić information content (AvgIpc) is 2.72. The van der Waals surface area contributed by atoms with Crippen LogP contribution in [0.1, 0.15) is 22.2 Å². The summed E-state index contributed by atoms with van der Waals surface area (Å²) in [5, 5.41) is 17.4. The fraction of sp³-hybridized carbons (Fsp3) is 0.250. The van der Waals surface area contributed by atoms with Gasteiger partial charge in [0.15, 0.2) is 0 Å². The summed E-state index contributed by atoms with van der Waals surface area (Å²) in [6.45, 7) is 1.99. The monoisotopic (exact) mass is 212 g/mol. The second-order valence-corrected chi connectivity index (χ2v) is 4.39. The van der Waals surface area contributed by atoms with Gasteiger partial charge in [-0.1, -0.05) is 4.49 Å². The molecule has 0 aliphatic rings. The molecule has 2 rings (SSSR count). The number of aryl methyl sites for hydroxylation is 1. The molecule has 1 atom stereocenters. The van der Waals surface area contributed by atoms with Crippen molar-refractivity contribution in [3.8, 4) is 0 Å². The van der Waals surface area contributed by atoms with Crippen LogP contribution in [0.3, 0.4) is 0 Å². The van der Waals surface area contributed by atoms with E-state index in [-0.39, 0.29) is 0 Å². The summed E-state index contributed by atoms with van der Waals surface area (Å²) >= 11 is 2.88. The molecule has 0 amide bonds. The lowest BCUT2D eigenvalue weighted by Gasteiger charge is -2.05. The summed E-state index contributed by atoms with van der Waals surface area (Å²) in [5.74, 6) is 0. The van der Waals surface area contributed by atoms with Crippen LogP contribution in [0.2, 0.25) is 0 Å². The van der Waals surface area contributed by atoms with Crippen molar-refractivity contribution >= 4 is 22.9 Å². The third-order valence-corrected chi connectivity index (χ3v) is 3.23. The molecule has 1 unspecified atom stereocenters. The molecule has 0 spiro atoms. The summed E-state index contributed by atoms with van der Waals surface area (Å²) in [5.41, 5.74) is 1.56. The van der Waals surface area contributed by atoms with E-state index in [1.54, 1.807) is 16.7 Å². The van der Waals surface area contributed by atoms with Gasteiger partial charge in [-0.25, -0.2) is 0 Å². The zero-order valence-corrected chi connectivity index (χ0v) is 8.60. The van der Waals surface area contributed by atoms with Gasteiger partial charge in [-0.3, -0.25) is 0 Å². The first-order chi connectivity index (χ1) is 6.29. The third kappa shape index (κ3) is 1.63. The first-order valence-electron chi connectivity index (χ1n) is 3.78. The molecule has 2 heterocycles. The Morgan fingerprint density at radius 2 is 2.38 bits per heavy atom. The zero-order valence-electron chi connectivity index (χ0n) is 6.97. The van der Waals surface area contributed by atoms with E-state index in [1.807, 2.05) is 18.4 Å². The highest BCUT2D eigenvalue weighted by Crippen LogP contribution is 2.26. The Hall–Kier alpha value is -0.780. The van der Waals surface area contributed by atoms with Crippen LogP contribution in [0.5, 0.6) is 0 Å². The Morgan fingerprint density at radius 3 is 2.92 bits per heavy atom. The summed E-state index contributed by atoms with van der Waals surface area (Å²) < 4.78 is 3.72. The minimum atomic E-state index is -0.620. The van der Waals surface area contributed by atoms with Crippen molar-refractivity contribution in [2.45, 2.75) is 13.0 Å². The molecule has 0 bridgehead atoms. The van der Waals surface area contributed by atoms with Crippen molar-refractivity contribution in [1.82, 2.24) is 9.59 Å². The third-order valence-electron chi connectivity index (χ3n) is 1.85. The Morgan fingerprint density at radius 1 is 1.54 bits per heavy atom. The topological polar surface area (TPSA) is 46.0 Å². The first-order valence-corrected chi connectivity index (χ1v) is 5.49. The molecule has 3 nitrogen and oxygen atoms in total. The van der Waals surface area contributed by atoms with Gasteiger partial charge in [0.05, 0.1) is 0 Å². The molecule has 2 aromatic heterocycles. The number of aliphatic hydroxyl groups is 1. The Bertz CT molecular complexity index is 383. The van der Waals surface area contributed by atoms with Crippen molar-refractivity contribution in [1.29, 1.82) is 0 Å².